The quantitative estimate of drug-likeness (QED) is 0.549. The zero-order valence-corrected chi connectivity index (χ0v) is 14.3. The molecule has 0 N–H and O–H groups in total. The Morgan fingerprint density at radius 3 is 2.19 bits per heavy atom. The van der Waals surface area contributed by atoms with Gasteiger partial charge in [0.25, 0.3) is 0 Å². The zero-order valence-electron chi connectivity index (χ0n) is 11.3. The second-order valence-electron chi connectivity index (χ2n) is 4.71. The number of halogens is 4. The zero-order chi connectivity index (χ0) is 15.4. The van der Waals surface area contributed by atoms with Crippen LogP contribution >= 0.6 is 18.6 Å². The van der Waals surface area contributed by atoms with Crippen LogP contribution in [0, 0.1) is 11.6 Å². The van der Waals surface area contributed by atoms with Gasteiger partial charge in [0.05, 0.1) is 5.56 Å². The van der Waals surface area contributed by atoms with Gasteiger partial charge in [0, 0.05) is 0 Å². The molecular formula is C16H12Cl2F2Ti. The summed E-state index contributed by atoms with van der Waals surface area (Å²) in [4.78, 5) is 0. The third-order valence-electron chi connectivity index (χ3n) is 3.29. The molecule has 0 fully saturated rings. The molecule has 108 valence electrons. The molecule has 21 heavy (non-hydrogen) atoms. The van der Waals surface area contributed by atoms with Crippen molar-refractivity contribution in [1.82, 2.24) is 0 Å². The van der Waals surface area contributed by atoms with Crippen molar-refractivity contribution in [3.05, 3.63) is 64.7 Å². The average Bonchev–Trinajstić information content (AvgIpc) is 2.80. The third-order valence-corrected chi connectivity index (χ3v) is 3.29. The van der Waals surface area contributed by atoms with Crippen molar-refractivity contribution in [2.75, 3.05) is 0 Å². The van der Waals surface area contributed by atoms with Crippen LogP contribution in [-0.2, 0) is 23.5 Å². The molecule has 0 nitrogen and oxygen atoms in total. The number of hydrogen-bond donors (Lipinski definition) is 0. The molecule has 3 rings (SSSR count). The Morgan fingerprint density at radius 2 is 1.57 bits per heavy atom. The molecule has 1 aliphatic carbocycles. The molecule has 0 radical (unpaired) electrons. The first-order valence-corrected chi connectivity index (χ1v) is 10.6. The molecule has 0 saturated heterocycles. The van der Waals surface area contributed by atoms with Gasteiger partial charge in [-0.15, -0.1) is 0 Å². The number of benzene rings is 2. The summed E-state index contributed by atoms with van der Waals surface area (Å²) in [6.07, 6.45) is 2.87. The summed E-state index contributed by atoms with van der Waals surface area (Å²) in [6, 6.07) is 9.61. The molecular weight excluding hydrogens is 349 g/mol. The van der Waals surface area contributed by atoms with Crippen LogP contribution < -0.4 is 0 Å². The first-order valence-electron chi connectivity index (χ1n) is 6.28. The molecule has 1 aliphatic rings. The predicted molar refractivity (Wildman–Crippen MR) is 80.9 cm³/mol. The van der Waals surface area contributed by atoms with E-state index in [1.807, 2.05) is 25.1 Å². The Kier molecular flexibility index (Phi) is 6.01. The number of fused-ring (bicyclic) bond motifs is 1. The van der Waals surface area contributed by atoms with E-state index in [1.165, 1.54) is 23.8 Å². The van der Waals surface area contributed by atoms with E-state index in [-0.39, 0.29) is 5.56 Å². The van der Waals surface area contributed by atoms with Crippen molar-refractivity contribution in [3.8, 4) is 11.1 Å². The van der Waals surface area contributed by atoms with Crippen molar-refractivity contribution in [1.29, 1.82) is 0 Å². The normalized spacial score (nSPS) is 12.1. The van der Waals surface area contributed by atoms with Crippen LogP contribution in [0.4, 0.5) is 8.78 Å². The van der Waals surface area contributed by atoms with Gasteiger partial charge in [0.15, 0.2) is 0 Å². The molecule has 0 heterocycles. The Balaban J connectivity index is 0.000000497. The fraction of sp³-hybridized carbons (Fsp3) is 0.125. The summed E-state index contributed by atoms with van der Waals surface area (Å²) in [6.45, 7) is 2.03. The van der Waals surface area contributed by atoms with Crippen molar-refractivity contribution in [3.63, 3.8) is 0 Å². The summed E-state index contributed by atoms with van der Waals surface area (Å²) in [5.41, 5.74) is 4.00. The van der Waals surface area contributed by atoms with E-state index >= 15 is 0 Å². The van der Waals surface area contributed by atoms with E-state index in [2.05, 4.69) is 0 Å². The topological polar surface area (TPSA) is 0 Å². The minimum atomic E-state index is -0.556. The monoisotopic (exact) mass is 360 g/mol. The van der Waals surface area contributed by atoms with E-state index in [4.69, 9.17) is 18.6 Å². The van der Waals surface area contributed by atoms with Crippen LogP contribution in [0.2, 0.25) is 0 Å². The van der Waals surface area contributed by atoms with Crippen LogP contribution in [0.15, 0.2) is 42.0 Å². The molecule has 0 atom stereocenters. The summed E-state index contributed by atoms with van der Waals surface area (Å²) in [5, 5.41) is 0. The standard InChI is InChI=1S/C16H12F2.2ClH.Ti/c1-10-8-11-4-2-5-12(13(11)9-10)16-14(17)6-3-7-15(16)18;;;/h2-7,9H,8H2,1H3;2*1H;/q;;;+2/p-2. The van der Waals surface area contributed by atoms with Gasteiger partial charge in [-0.25, -0.2) is 8.78 Å². The average molecular weight is 361 g/mol. The van der Waals surface area contributed by atoms with Crippen LogP contribution in [0.1, 0.15) is 18.1 Å². The van der Waals surface area contributed by atoms with Gasteiger partial charge in [-0.1, -0.05) is 35.9 Å². The van der Waals surface area contributed by atoms with Crippen molar-refractivity contribution in [2.45, 2.75) is 13.3 Å². The van der Waals surface area contributed by atoms with Crippen molar-refractivity contribution >= 4 is 24.7 Å². The molecule has 0 bridgehead atoms. The molecule has 2 aromatic carbocycles. The summed E-state index contributed by atoms with van der Waals surface area (Å²) >= 11 is -0.556. The van der Waals surface area contributed by atoms with Crippen molar-refractivity contribution < 1.29 is 25.8 Å². The van der Waals surface area contributed by atoms with Gasteiger partial charge in [-0.3, -0.25) is 0 Å². The van der Waals surface area contributed by atoms with Crippen LogP contribution in [0.25, 0.3) is 17.2 Å². The maximum absolute atomic E-state index is 13.8. The number of rotatable bonds is 1. The summed E-state index contributed by atoms with van der Waals surface area (Å²) < 4.78 is 27.7. The first kappa shape index (κ1) is 16.7. The molecule has 0 unspecified atom stereocenters. The van der Waals surface area contributed by atoms with E-state index in [0.29, 0.717) is 5.56 Å². The van der Waals surface area contributed by atoms with E-state index in [1.54, 1.807) is 6.07 Å². The molecule has 0 aliphatic heterocycles. The maximum atomic E-state index is 13.8. The number of hydrogen-bond acceptors (Lipinski definition) is 0. The second-order valence-corrected chi connectivity index (χ2v) is 7.29. The molecule has 0 saturated carbocycles. The van der Waals surface area contributed by atoms with Gasteiger partial charge < -0.3 is 0 Å². The van der Waals surface area contributed by atoms with Crippen LogP contribution in [0.5, 0.6) is 0 Å². The first-order chi connectivity index (χ1) is 10.1. The summed E-state index contributed by atoms with van der Waals surface area (Å²) in [7, 11) is 9.78. The van der Waals surface area contributed by atoms with Gasteiger partial charge in [0.2, 0.25) is 0 Å². The molecule has 0 amide bonds. The molecule has 0 aromatic heterocycles. The summed E-state index contributed by atoms with van der Waals surface area (Å²) in [5.74, 6) is -1.03. The molecule has 2 aromatic rings. The Bertz CT molecular complexity index is 664. The van der Waals surface area contributed by atoms with E-state index in [9.17, 15) is 8.78 Å². The Labute approximate surface area is 139 Å². The number of allylic oxidation sites excluding steroid dienone is 1. The molecule has 5 heteroatoms. The minimum absolute atomic E-state index is 0.0697. The fourth-order valence-corrected chi connectivity index (χ4v) is 2.51. The van der Waals surface area contributed by atoms with E-state index < -0.39 is 28.7 Å². The predicted octanol–water partition coefficient (Wildman–Crippen LogP) is 5.97. The Hall–Kier alpha value is -0.666. The van der Waals surface area contributed by atoms with Gasteiger partial charge >= 0.3 is 35.6 Å². The van der Waals surface area contributed by atoms with E-state index in [0.717, 1.165) is 17.5 Å². The van der Waals surface area contributed by atoms with Crippen molar-refractivity contribution in [2.24, 2.45) is 0 Å². The second kappa shape index (κ2) is 7.55. The SMILES string of the molecule is CC1=Cc2c(cccc2-c2c(F)cccc2F)C1.[Cl][Ti][Cl]. The fourth-order valence-electron chi connectivity index (χ4n) is 2.51. The van der Waals surface area contributed by atoms with Gasteiger partial charge in [-0.2, -0.15) is 0 Å². The van der Waals surface area contributed by atoms with Crippen LogP contribution in [0.3, 0.4) is 0 Å². The molecule has 0 spiro atoms. The van der Waals surface area contributed by atoms with Gasteiger partial charge in [-0.05, 0) is 42.2 Å². The van der Waals surface area contributed by atoms with Gasteiger partial charge in [0.1, 0.15) is 11.6 Å². The van der Waals surface area contributed by atoms with Crippen LogP contribution in [-0.4, -0.2) is 0 Å². The Morgan fingerprint density at radius 1 is 1.00 bits per heavy atom. The third kappa shape index (κ3) is 3.75.